The minimum atomic E-state index is 0.0420. The van der Waals surface area contributed by atoms with Crippen LogP contribution in [0.15, 0.2) is 28.9 Å². The lowest BCUT2D eigenvalue weighted by Gasteiger charge is -2.46. The lowest BCUT2D eigenvalue weighted by molar-refractivity contribution is 0.0798. The van der Waals surface area contributed by atoms with Crippen molar-refractivity contribution in [2.45, 2.75) is 51.1 Å². The van der Waals surface area contributed by atoms with Crippen LogP contribution in [0.3, 0.4) is 0 Å². The normalized spacial score (nSPS) is 26.8. The van der Waals surface area contributed by atoms with Crippen molar-refractivity contribution in [2.24, 2.45) is 5.92 Å². The Morgan fingerprint density at radius 1 is 1.30 bits per heavy atom. The highest BCUT2D eigenvalue weighted by molar-refractivity contribution is 5.98. The van der Waals surface area contributed by atoms with Crippen LogP contribution < -0.4 is 10.6 Å². The number of nitrogens with one attached hydrogen (secondary N) is 2. The molecule has 2 heterocycles. The third kappa shape index (κ3) is 2.55. The molecule has 2 unspecified atom stereocenters. The van der Waals surface area contributed by atoms with Gasteiger partial charge < -0.3 is 15.1 Å². The van der Waals surface area contributed by atoms with E-state index in [4.69, 9.17) is 4.42 Å². The van der Waals surface area contributed by atoms with Crippen molar-refractivity contribution in [1.29, 1.82) is 0 Å². The smallest absolute Gasteiger partial charge is 0.251 e. The molecule has 4 heteroatoms. The average molecular weight is 312 g/mol. The quantitative estimate of drug-likeness (QED) is 0.913. The van der Waals surface area contributed by atoms with Crippen LogP contribution in [0.1, 0.15) is 54.9 Å². The number of hydrogen-bond donors (Lipinski definition) is 2. The zero-order chi connectivity index (χ0) is 16.0. The average Bonchev–Trinajstić information content (AvgIpc) is 2.92. The standard InChI is InChI=1S/C19H24N2O2/c1-11(2)15-10-23-18-6-3-12(9-14(15)18)19(22)21-17-7-8-20-16-5-4-13(16)17/h3,6,9-11,13,16-17,20H,4-5,7-8H2,1-2H3,(H,21,22)/t13?,16?,17-/m1/s1. The van der Waals surface area contributed by atoms with Crippen LogP contribution in [-0.2, 0) is 0 Å². The van der Waals surface area contributed by atoms with Gasteiger partial charge in [-0.1, -0.05) is 13.8 Å². The second kappa shape index (κ2) is 5.68. The molecule has 0 radical (unpaired) electrons. The third-order valence-electron chi connectivity index (χ3n) is 5.51. The molecule has 2 aliphatic rings. The Labute approximate surface area is 136 Å². The van der Waals surface area contributed by atoms with E-state index in [0.29, 0.717) is 23.9 Å². The number of carbonyl (C=O) groups is 1. The van der Waals surface area contributed by atoms with E-state index >= 15 is 0 Å². The molecule has 0 spiro atoms. The van der Waals surface area contributed by atoms with Gasteiger partial charge in [0.2, 0.25) is 0 Å². The number of piperidine rings is 1. The highest BCUT2D eigenvalue weighted by atomic mass is 16.3. The van der Waals surface area contributed by atoms with Crippen LogP contribution in [0.2, 0.25) is 0 Å². The van der Waals surface area contributed by atoms with E-state index in [1.807, 2.05) is 24.5 Å². The zero-order valence-electron chi connectivity index (χ0n) is 13.8. The number of benzene rings is 1. The minimum absolute atomic E-state index is 0.0420. The number of carbonyl (C=O) groups excluding carboxylic acids is 1. The first kappa shape index (κ1) is 14.8. The summed E-state index contributed by atoms with van der Waals surface area (Å²) in [6.07, 6.45) is 5.30. The Morgan fingerprint density at radius 2 is 2.17 bits per heavy atom. The number of fused-ring (bicyclic) bond motifs is 2. The van der Waals surface area contributed by atoms with Gasteiger partial charge in [-0.05, 0) is 55.8 Å². The summed E-state index contributed by atoms with van der Waals surface area (Å²) in [4.78, 5) is 12.7. The summed E-state index contributed by atoms with van der Waals surface area (Å²) in [7, 11) is 0. The lowest BCUT2D eigenvalue weighted by Crippen LogP contribution is -2.59. The van der Waals surface area contributed by atoms with Crippen molar-refractivity contribution in [3.8, 4) is 0 Å². The molecular weight excluding hydrogens is 288 g/mol. The fourth-order valence-electron chi connectivity index (χ4n) is 3.97. The molecule has 2 fully saturated rings. The molecule has 2 aromatic rings. The molecule has 0 bridgehead atoms. The van der Waals surface area contributed by atoms with Gasteiger partial charge in [0.1, 0.15) is 5.58 Å². The predicted octanol–water partition coefficient (Wildman–Crippen LogP) is 3.43. The van der Waals surface area contributed by atoms with E-state index in [2.05, 4.69) is 24.5 Å². The van der Waals surface area contributed by atoms with Crippen LogP contribution in [0.4, 0.5) is 0 Å². The van der Waals surface area contributed by atoms with E-state index in [-0.39, 0.29) is 5.91 Å². The van der Waals surface area contributed by atoms with Crippen molar-refractivity contribution in [2.75, 3.05) is 6.54 Å². The molecule has 3 atom stereocenters. The van der Waals surface area contributed by atoms with Crippen molar-refractivity contribution >= 4 is 16.9 Å². The van der Waals surface area contributed by atoms with Crippen molar-refractivity contribution < 1.29 is 9.21 Å². The van der Waals surface area contributed by atoms with E-state index in [0.717, 1.165) is 35.1 Å². The summed E-state index contributed by atoms with van der Waals surface area (Å²) in [5, 5.41) is 7.86. The maximum absolute atomic E-state index is 12.7. The first-order valence-corrected chi connectivity index (χ1v) is 8.69. The zero-order valence-corrected chi connectivity index (χ0v) is 13.8. The van der Waals surface area contributed by atoms with Gasteiger partial charge in [-0.25, -0.2) is 0 Å². The molecule has 1 aromatic heterocycles. The monoisotopic (exact) mass is 312 g/mol. The van der Waals surface area contributed by atoms with Gasteiger partial charge in [-0.2, -0.15) is 0 Å². The van der Waals surface area contributed by atoms with Gasteiger partial charge in [-0.15, -0.1) is 0 Å². The third-order valence-corrected chi connectivity index (χ3v) is 5.51. The van der Waals surface area contributed by atoms with Gasteiger partial charge in [0, 0.05) is 28.6 Å². The van der Waals surface area contributed by atoms with Crippen molar-refractivity contribution in [3.63, 3.8) is 0 Å². The molecule has 1 amide bonds. The minimum Gasteiger partial charge on any atom is -0.464 e. The van der Waals surface area contributed by atoms with Gasteiger partial charge in [0.25, 0.3) is 5.91 Å². The molecule has 122 valence electrons. The maximum Gasteiger partial charge on any atom is 0.251 e. The summed E-state index contributed by atoms with van der Waals surface area (Å²) < 4.78 is 5.60. The second-order valence-corrected chi connectivity index (χ2v) is 7.23. The van der Waals surface area contributed by atoms with Crippen molar-refractivity contribution in [3.05, 3.63) is 35.6 Å². The molecule has 4 nitrogen and oxygen atoms in total. The highest BCUT2D eigenvalue weighted by Crippen LogP contribution is 2.34. The molecule has 1 saturated heterocycles. The van der Waals surface area contributed by atoms with Gasteiger partial charge in [-0.3, -0.25) is 4.79 Å². The van der Waals surface area contributed by atoms with Gasteiger partial charge >= 0.3 is 0 Å². The van der Waals surface area contributed by atoms with Gasteiger partial charge in [0.15, 0.2) is 0 Å². The van der Waals surface area contributed by atoms with Crippen molar-refractivity contribution in [1.82, 2.24) is 10.6 Å². The van der Waals surface area contributed by atoms with Gasteiger partial charge in [0.05, 0.1) is 6.26 Å². The largest absolute Gasteiger partial charge is 0.464 e. The number of hydrogen-bond acceptors (Lipinski definition) is 3. The Bertz CT molecular complexity index is 734. The molecule has 4 rings (SSSR count). The van der Waals surface area contributed by atoms with E-state index in [9.17, 15) is 4.79 Å². The lowest BCUT2D eigenvalue weighted by atomic mass is 9.71. The van der Waals surface area contributed by atoms with Crippen LogP contribution in [0.5, 0.6) is 0 Å². The molecule has 1 saturated carbocycles. The maximum atomic E-state index is 12.7. The fraction of sp³-hybridized carbons (Fsp3) is 0.526. The van der Waals surface area contributed by atoms with E-state index < -0.39 is 0 Å². The SMILES string of the molecule is CC(C)c1coc2ccc(C(=O)N[C@@H]3CCNC4CCC43)cc12. The first-order chi connectivity index (χ1) is 11.1. The molecule has 2 N–H and O–H groups in total. The second-order valence-electron chi connectivity index (χ2n) is 7.23. The number of amides is 1. The molecule has 1 aliphatic carbocycles. The van der Waals surface area contributed by atoms with E-state index in [1.165, 1.54) is 12.8 Å². The molecule has 23 heavy (non-hydrogen) atoms. The summed E-state index contributed by atoms with van der Waals surface area (Å²) in [5.74, 6) is 1.03. The Balaban J connectivity index is 1.56. The van der Waals surface area contributed by atoms with Crippen LogP contribution in [-0.4, -0.2) is 24.5 Å². The van der Waals surface area contributed by atoms with Crippen LogP contribution in [0.25, 0.3) is 11.0 Å². The Hall–Kier alpha value is -1.81. The molecule has 1 aromatic carbocycles. The highest BCUT2D eigenvalue weighted by Gasteiger charge is 2.40. The number of rotatable bonds is 3. The van der Waals surface area contributed by atoms with Crippen LogP contribution in [0, 0.1) is 5.92 Å². The van der Waals surface area contributed by atoms with Crippen LogP contribution >= 0.6 is 0 Å². The fourth-order valence-corrected chi connectivity index (χ4v) is 3.97. The number of furan rings is 1. The predicted molar refractivity (Wildman–Crippen MR) is 90.7 cm³/mol. The molecule has 1 aliphatic heterocycles. The molecular formula is C19H24N2O2. The first-order valence-electron chi connectivity index (χ1n) is 8.69. The Kier molecular flexibility index (Phi) is 3.64. The topological polar surface area (TPSA) is 54.3 Å². The summed E-state index contributed by atoms with van der Waals surface area (Å²) in [6, 6.07) is 6.67. The summed E-state index contributed by atoms with van der Waals surface area (Å²) in [5.41, 5.74) is 2.75. The van der Waals surface area contributed by atoms with E-state index in [1.54, 1.807) is 0 Å². The summed E-state index contributed by atoms with van der Waals surface area (Å²) >= 11 is 0. The summed E-state index contributed by atoms with van der Waals surface area (Å²) in [6.45, 7) is 5.29. The Morgan fingerprint density at radius 3 is 2.91 bits per heavy atom.